The lowest BCUT2D eigenvalue weighted by atomic mass is 9.78. The number of halogens is 1. The van der Waals surface area contributed by atoms with Gasteiger partial charge >= 0.3 is 0 Å². The zero-order valence-corrected chi connectivity index (χ0v) is 16.5. The molecular formula is C22H30FN3O2. The van der Waals surface area contributed by atoms with Gasteiger partial charge in [0.25, 0.3) is 0 Å². The number of rotatable bonds is 4. The second-order valence-electron chi connectivity index (χ2n) is 8.66. The number of hydrogen-bond donors (Lipinski definition) is 2. The smallest absolute Gasteiger partial charge is 0.240 e. The molecule has 5 nitrogen and oxygen atoms in total. The largest absolute Gasteiger partial charge is 0.393 e. The fourth-order valence-corrected chi connectivity index (χ4v) is 4.92. The third-order valence-electron chi connectivity index (χ3n) is 6.78. The zero-order chi connectivity index (χ0) is 19.7. The lowest BCUT2D eigenvalue weighted by Gasteiger charge is -2.30. The number of nitrogens with zero attached hydrogens (tertiary/aromatic N) is 2. The molecule has 4 rings (SSSR count). The summed E-state index contributed by atoms with van der Waals surface area (Å²) >= 11 is 0. The maximum absolute atomic E-state index is 14.0. The molecule has 0 spiro atoms. The van der Waals surface area contributed by atoms with E-state index in [1.54, 1.807) is 11.7 Å². The van der Waals surface area contributed by atoms with Gasteiger partial charge in [0.1, 0.15) is 0 Å². The Hall–Kier alpha value is -1.95. The Kier molecular flexibility index (Phi) is 5.67. The fraction of sp³-hybridized carbons (Fsp3) is 0.636. The summed E-state index contributed by atoms with van der Waals surface area (Å²) < 4.78 is 15.6. The number of aliphatic hydroxyl groups excluding tert-OH is 1. The molecule has 2 aliphatic rings. The minimum Gasteiger partial charge on any atom is -0.393 e. The Morgan fingerprint density at radius 3 is 2.61 bits per heavy atom. The maximum atomic E-state index is 14.0. The van der Waals surface area contributed by atoms with Crippen molar-refractivity contribution in [1.82, 2.24) is 15.1 Å². The average Bonchev–Trinajstić information content (AvgIpc) is 3.00. The number of aromatic nitrogens is 2. The second kappa shape index (κ2) is 8.19. The number of carbonyl (C=O) groups is 1. The quantitative estimate of drug-likeness (QED) is 0.841. The molecule has 2 saturated carbocycles. The molecule has 2 aliphatic carbocycles. The first kappa shape index (κ1) is 19.4. The van der Waals surface area contributed by atoms with E-state index in [9.17, 15) is 14.3 Å². The molecule has 1 aromatic heterocycles. The summed E-state index contributed by atoms with van der Waals surface area (Å²) in [6.45, 7) is 0.751. The Morgan fingerprint density at radius 2 is 1.89 bits per heavy atom. The molecule has 0 atom stereocenters. The molecule has 1 aromatic carbocycles. The van der Waals surface area contributed by atoms with Crippen LogP contribution in [0.3, 0.4) is 0 Å². The average molecular weight is 387 g/mol. The zero-order valence-electron chi connectivity index (χ0n) is 16.5. The highest BCUT2D eigenvalue weighted by molar-refractivity contribution is 5.80. The molecule has 0 unspecified atom stereocenters. The normalized spacial score (nSPS) is 28.4. The van der Waals surface area contributed by atoms with Gasteiger partial charge in [-0.1, -0.05) is 6.07 Å². The molecule has 0 bridgehead atoms. The predicted octanol–water partition coefficient (Wildman–Crippen LogP) is 3.65. The van der Waals surface area contributed by atoms with E-state index in [4.69, 9.17) is 0 Å². The fourth-order valence-electron chi connectivity index (χ4n) is 4.92. The Bertz CT molecular complexity index is 834. The number of aliphatic hydroxyl groups is 1. The van der Waals surface area contributed by atoms with Crippen molar-refractivity contribution in [1.29, 1.82) is 0 Å². The van der Waals surface area contributed by atoms with Crippen LogP contribution < -0.4 is 5.32 Å². The minimum atomic E-state index is -0.397. The summed E-state index contributed by atoms with van der Waals surface area (Å²) in [7, 11) is 1.76. The molecule has 1 amide bonds. The molecule has 1 heterocycles. The molecule has 0 radical (unpaired) electrons. The molecule has 2 N–H and O–H groups in total. The summed E-state index contributed by atoms with van der Waals surface area (Å²) in [5, 5.41) is 17.2. The maximum Gasteiger partial charge on any atom is 0.240 e. The van der Waals surface area contributed by atoms with Crippen molar-refractivity contribution in [2.24, 2.45) is 18.9 Å². The monoisotopic (exact) mass is 387 g/mol. The van der Waals surface area contributed by atoms with Crippen LogP contribution in [0.2, 0.25) is 0 Å². The van der Waals surface area contributed by atoms with Crippen LogP contribution in [0.4, 0.5) is 4.39 Å². The third-order valence-corrected chi connectivity index (χ3v) is 6.78. The topological polar surface area (TPSA) is 67.2 Å². The number of nitrogens with one attached hydrogen (secondary N) is 1. The highest BCUT2D eigenvalue weighted by atomic mass is 19.1. The van der Waals surface area contributed by atoms with Gasteiger partial charge in [0, 0.05) is 19.5 Å². The number of benzene rings is 1. The molecule has 152 valence electrons. The van der Waals surface area contributed by atoms with Gasteiger partial charge in [0.2, 0.25) is 11.9 Å². The van der Waals surface area contributed by atoms with Crippen LogP contribution in [0, 0.1) is 17.8 Å². The summed E-state index contributed by atoms with van der Waals surface area (Å²) in [6, 6.07) is 6.03. The van der Waals surface area contributed by atoms with Crippen molar-refractivity contribution in [3.63, 3.8) is 0 Å². The van der Waals surface area contributed by atoms with E-state index in [-0.39, 0.29) is 17.9 Å². The van der Waals surface area contributed by atoms with E-state index < -0.39 is 5.95 Å². The molecule has 0 saturated heterocycles. The number of amides is 1. The van der Waals surface area contributed by atoms with Crippen molar-refractivity contribution in [3.8, 4) is 0 Å². The summed E-state index contributed by atoms with van der Waals surface area (Å²) in [6.07, 6.45) is 7.17. The molecular weight excluding hydrogens is 357 g/mol. The van der Waals surface area contributed by atoms with Crippen molar-refractivity contribution >= 4 is 16.8 Å². The van der Waals surface area contributed by atoms with Crippen LogP contribution >= 0.6 is 0 Å². The minimum absolute atomic E-state index is 0.0702. The van der Waals surface area contributed by atoms with Gasteiger partial charge < -0.3 is 10.4 Å². The van der Waals surface area contributed by atoms with Gasteiger partial charge in [0.05, 0.1) is 17.0 Å². The van der Waals surface area contributed by atoms with Gasteiger partial charge in [-0.25, -0.2) is 0 Å². The SMILES string of the molecule is Cn1nc(F)c2cc(C3CCC(CNC(=O)C4CCC(O)CC4)CC3)ccc21. The molecule has 6 heteroatoms. The van der Waals surface area contributed by atoms with Crippen molar-refractivity contribution < 1.29 is 14.3 Å². The Morgan fingerprint density at radius 1 is 1.18 bits per heavy atom. The number of carbonyl (C=O) groups excluding carboxylic acids is 1. The summed E-state index contributed by atoms with van der Waals surface area (Å²) in [5.41, 5.74) is 2.02. The van der Waals surface area contributed by atoms with Gasteiger partial charge in [-0.3, -0.25) is 9.48 Å². The standard InChI is InChI=1S/C22H30FN3O2/c1-26-20-11-8-17(12-19(20)21(23)25-26)15-4-2-14(3-5-15)13-24-22(28)16-6-9-18(27)10-7-16/h8,11-12,14-16,18,27H,2-7,9-10,13H2,1H3,(H,24,28). The van der Waals surface area contributed by atoms with Crippen molar-refractivity contribution in [3.05, 3.63) is 29.7 Å². The van der Waals surface area contributed by atoms with E-state index in [0.29, 0.717) is 17.2 Å². The Balaban J connectivity index is 1.28. The first-order valence-corrected chi connectivity index (χ1v) is 10.6. The number of fused-ring (bicyclic) bond motifs is 1. The van der Waals surface area contributed by atoms with Gasteiger partial charge in [-0.05, 0) is 80.9 Å². The highest BCUT2D eigenvalue weighted by Crippen LogP contribution is 2.37. The molecule has 2 fully saturated rings. The first-order chi connectivity index (χ1) is 13.5. The third kappa shape index (κ3) is 4.07. The first-order valence-electron chi connectivity index (χ1n) is 10.6. The molecule has 28 heavy (non-hydrogen) atoms. The van der Waals surface area contributed by atoms with Gasteiger partial charge in [-0.2, -0.15) is 4.39 Å². The van der Waals surface area contributed by atoms with Crippen LogP contribution in [-0.4, -0.2) is 33.4 Å². The van der Waals surface area contributed by atoms with E-state index in [2.05, 4.69) is 16.5 Å². The van der Waals surface area contributed by atoms with E-state index in [1.807, 2.05) is 12.1 Å². The number of aryl methyl sites for hydroxylation is 1. The van der Waals surface area contributed by atoms with E-state index in [0.717, 1.165) is 63.4 Å². The highest BCUT2D eigenvalue weighted by Gasteiger charge is 2.27. The summed E-state index contributed by atoms with van der Waals surface area (Å²) in [5.74, 6) is 0.808. The van der Waals surface area contributed by atoms with Crippen LogP contribution in [0.25, 0.3) is 10.9 Å². The van der Waals surface area contributed by atoms with Crippen LogP contribution in [0.1, 0.15) is 62.8 Å². The van der Waals surface area contributed by atoms with Crippen molar-refractivity contribution in [2.75, 3.05) is 6.54 Å². The predicted molar refractivity (Wildman–Crippen MR) is 106 cm³/mol. The lowest BCUT2D eigenvalue weighted by Crippen LogP contribution is -2.37. The number of hydrogen-bond acceptors (Lipinski definition) is 3. The van der Waals surface area contributed by atoms with Crippen LogP contribution in [0.15, 0.2) is 18.2 Å². The second-order valence-corrected chi connectivity index (χ2v) is 8.66. The van der Waals surface area contributed by atoms with Gasteiger partial charge in [-0.15, -0.1) is 5.10 Å². The summed E-state index contributed by atoms with van der Waals surface area (Å²) in [4.78, 5) is 12.4. The van der Waals surface area contributed by atoms with E-state index in [1.165, 1.54) is 5.56 Å². The van der Waals surface area contributed by atoms with Crippen LogP contribution in [-0.2, 0) is 11.8 Å². The van der Waals surface area contributed by atoms with Crippen LogP contribution in [0.5, 0.6) is 0 Å². The molecule has 0 aliphatic heterocycles. The lowest BCUT2D eigenvalue weighted by molar-refractivity contribution is -0.126. The molecule has 2 aromatic rings. The van der Waals surface area contributed by atoms with Gasteiger partial charge in [0.15, 0.2) is 0 Å². The Labute approximate surface area is 165 Å². The van der Waals surface area contributed by atoms with E-state index >= 15 is 0 Å². The van der Waals surface area contributed by atoms with Crippen molar-refractivity contribution in [2.45, 2.75) is 63.4 Å².